The molecule has 0 spiro atoms. The average molecular weight is 336 g/mol. The highest BCUT2D eigenvalue weighted by atomic mass is 32.2. The molecule has 0 atom stereocenters. The Morgan fingerprint density at radius 3 is 2.57 bits per heavy atom. The molecule has 1 aromatic carbocycles. The molecule has 0 amide bonds. The molecular formula is C15H13FN2O4S. The molecule has 6 nitrogen and oxygen atoms in total. The summed E-state index contributed by atoms with van der Waals surface area (Å²) in [5.74, 6) is 0.484. The van der Waals surface area contributed by atoms with Crippen LogP contribution in [0.2, 0.25) is 0 Å². The number of rotatable bonds is 5. The lowest BCUT2D eigenvalue weighted by atomic mass is 10.2. The van der Waals surface area contributed by atoms with Gasteiger partial charge in [-0.05, 0) is 24.6 Å². The number of aryl methyl sites for hydroxylation is 1. The van der Waals surface area contributed by atoms with Crippen LogP contribution in [0.4, 0.5) is 4.39 Å². The zero-order valence-corrected chi connectivity index (χ0v) is 12.9. The van der Waals surface area contributed by atoms with Crippen LogP contribution in [0.25, 0.3) is 11.5 Å². The van der Waals surface area contributed by atoms with E-state index >= 15 is 0 Å². The molecule has 0 aliphatic carbocycles. The zero-order valence-electron chi connectivity index (χ0n) is 12.1. The van der Waals surface area contributed by atoms with Gasteiger partial charge in [0.05, 0.1) is 6.20 Å². The van der Waals surface area contributed by atoms with E-state index in [1.54, 1.807) is 13.0 Å². The second-order valence-corrected chi connectivity index (χ2v) is 6.59. The minimum Gasteiger partial charge on any atom is -0.457 e. The highest BCUT2D eigenvalue weighted by Gasteiger charge is 2.22. The molecule has 0 saturated carbocycles. The predicted octanol–water partition coefficient (Wildman–Crippen LogP) is 2.86. The number of sulfonamides is 1. The molecule has 1 N–H and O–H groups in total. The smallest absolute Gasteiger partial charge is 0.244 e. The molecule has 0 radical (unpaired) electrons. The first-order valence-corrected chi connectivity index (χ1v) is 8.19. The van der Waals surface area contributed by atoms with Gasteiger partial charge in [-0.1, -0.05) is 17.3 Å². The van der Waals surface area contributed by atoms with Crippen LogP contribution in [-0.2, 0) is 16.6 Å². The summed E-state index contributed by atoms with van der Waals surface area (Å²) in [6.07, 6.45) is 1.44. The summed E-state index contributed by atoms with van der Waals surface area (Å²) in [7, 11) is -3.77. The summed E-state index contributed by atoms with van der Waals surface area (Å²) in [4.78, 5) is 0.0195. The van der Waals surface area contributed by atoms with Crippen molar-refractivity contribution < 1.29 is 21.7 Å². The number of benzene rings is 1. The summed E-state index contributed by atoms with van der Waals surface area (Å²) in [6, 6.07) is 8.52. The third-order valence-corrected chi connectivity index (χ3v) is 4.73. The maximum atomic E-state index is 12.9. The lowest BCUT2D eigenvalue weighted by Crippen LogP contribution is -2.23. The quantitative estimate of drug-likeness (QED) is 0.774. The van der Waals surface area contributed by atoms with Crippen LogP contribution < -0.4 is 4.72 Å². The molecule has 3 aromatic rings. The summed E-state index contributed by atoms with van der Waals surface area (Å²) in [5, 5.41) is 3.55. The van der Waals surface area contributed by atoms with Gasteiger partial charge in [0.15, 0.2) is 5.76 Å². The molecule has 0 aliphatic rings. The molecule has 0 saturated heterocycles. The molecule has 0 unspecified atom stereocenters. The largest absolute Gasteiger partial charge is 0.457 e. The third kappa shape index (κ3) is 3.33. The van der Waals surface area contributed by atoms with Gasteiger partial charge in [0.25, 0.3) is 0 Å². The van der Waals surface area contributed by atoms with E-state index in [9.17, 15) is 12.8 Å². The topological polar surface area (TPSA) is 85.3 Å². The Hall–Kier alpha value is -2.45. The number of aromatic nitrogens is 1. The van der Waals surface area contributed by atoms with Crippen molar-refractivity contribution in [1.82, 2.24) is 9.88 Å². The standard InChI is InChI=1S/C15H13FN2O4S/c1-10-15(8-14(21-10)13-6-7-17-22-13)23(19,20)18-9-11-2-4-12(16)5-3-11/h2-8,18H,9H2,1H3. The van der Waals surface area contributed by atoms with E-state index in [1.807, 2.05) is 0 Å². The highest BCUT2D eigenvalue weighted by Crippen LogP contribution is 2.27. The van der Waals surface area contributed by atoms with Crippen LogP contribution >= 0.6 is 0 Å². The summed E-state index contributed by atoms with van der Waals surface area (Å²) >= 11 is 0. The van der Waals surface area contributed by atoms with E-state index in [1.165, 1.54) is 36.5 Å². The van der Waals surface area contributed by atoms with Crippen LogP contribution in [0.15, 0.2) is 56.4 Å². The molecule has 0 aliphatic heterocycles. The summed E-state index contributed by atoms with van der Waals surface area (Å²) < 4.78 is 50.4. The summed E-state index contributed by atoms with van der Waals surface area (Å²) in [6.45, 7) is 1.59. The summed E-state index contributed by atoms with van der Waals surface area (Å²) in [5.41, 5.74) is 0.645. The first-order chi connectivity index (χ1) is 11.0. The van der Waals surface area contributed by atoms with E-state index in [0.717, 1.165) is 0 Å². The maximum absolute atomic E-state index is 12.9. The Morgan fingerprint density at radius 1 is 1.17 bits per heavy atom. The minimum absolute atomic E-state index is 0.0195. The fraction of sp³-hybridized carbons (Fsp3) is 0.133. The van der Waals surface area contributed by atoms with Crippen LogP contribution in [0.5, 0.6) is 0 Å². The number of hydrogen-bond donors (Lipinski definition) is 1. The van der Waals surface area contributed by atoms with Gasteiger partial charge in [0.1, 0.15) is 16.5 Å². The van der Waals surface area contributed by atoms with Gasteiger partial charge < -0.3 is 8.94 Å². The second kappa shape index (κ2) is 5.98. The van der Waals surface area contributed by atoms with Crippen LogP contribution in [0.1, 0.15) is 11.3 Å². The fourth-order valence-electron chi connectivity index (χ4n) is 2.05. The van der Waals surface area contributed by atoms with Crippen molar-refractivity contribution in [3.63, 3.8) is 0 Å². The highest BCUT2D eigenvalue weighted by molar-refractivity contribution is 7.89. The number of hydrogen-bond acceptors (Lipinski definition) is 5. The van der Waals surface area contributed by atoms with Crippen molar-refractivity contribution >= 4 is 10.0 Å². The van der Waals surface area contributed by atoms with Gasteiger partial charge in [-0.2, -0.15) is 0 Å². The number of furan rings is 1. The Labute approximate surface area is 132 Å². The van der Waals surface area contributed by atoms with Crippen molar-refractivity contribution in [2.75, 3.05) is 0 Å². The van der Waals surface area contributed by atoms with E-state index in [4.69, 9.17) is 8.94 Å². The van der Waals surface area contributed by atoms with Gasteiger partial charge in [-0.25, -0.2) is 17.5 Å². The molecule has 23 heavy (non-hydrogen) atoms. The monoisotopic (exact) mass is 336 g/mol. The number of halogens is 1. The lowest BCUT2D eigenvalue weighted by molar-refractivity contribution is 0.414. The first-order valence-electron chi connectivity index (χ1n) is 6.71. The van der Waals surface area contributed by atoms with Crippen molar-refractivity contribution in [3.8, 4) is 11.5 Å². The van der Waals surface area contributed by atoms with Gasteiger partial charge in [-0.3, -0.25) is 0 Å². The Bertz CT molecular complexity index is 900. The van der Waals surface area contributed by atoms with Crippen molar-refractivity contribution in [3.05, 3.63) is 59.7 Å². The number of nitrogens with one attached hydrogen (secondary N) is 1. The lowest BCUT2D eigenvalue weighted by Gasteiger charge is -2.05. The van der Waals surface area contributed by atoms with Crippen molar-refractivity contribution in [1.29, 1.82) is 0 Å². The number of nitrogens with zero attached hydrogens (tertiary/aromatic N) is 1. The molecule has 120 valence electrons. The second-order valence-electron chi connectivity index (χ2n) is 4.86. The van der Waals surface area contributed by atoms with Gasteiger partial charge >= 0.3 is 0 Å². The van der Waals surface area contributed by atoms with Gasteiger partial charge in [0.2, 0.25) is 15.8 Å². The van der Waals surface area contributed by atoms with Crippen molar-refractivity contribution in [2.24, 2.45) is 0 Å². The van der Waals surface area contributed by atoms with E-state index < -0.39 is 10.0 Å². The third-order valence-electron chi connectivity index (χ3n) is 3.22. The SMILES string of the molecule is Cc1oc(-c2ccno2)cc1S(=O)(=O)NCc1ccc(F)cc1. The van der Waals surface area contributed by atoms with Crippen LogP contribution in [-0.4, -0.2) is 13.6 Å². The fourth-order valence-corrected chi connectivity index (χ4v) is 3.25. The Balaban J connectivity index is 1.81. The van der Waals surface area contributed by atoms with Crippen LogP contribution in [0.3, 0.4) is 0 Å². The molecule has 3 rings (SSSR count). The van der Waals surface area contributed by atoms with E-state index in [2.05, 4.69) is 9.88 Å². The van der Waals surface area contributed by atoms with Gasteiger partial charge in [-0.15, -0.1) is 0 Å². The van der Waals surface area contributed by atoms with Gasteiger partial charge in [0, 0.05) is 18.7 Å². The molecule has 8 heteroatoms. The first kappa shape index (κ1) is 15.4. The molecule has 2 heterocycles. The molecular weight excluding hydrogens is 323 g/mol. The van der Waals surface area contributed by atoms with E-state index in [0.29, 0.717) is 11.3 Å². The predicted molar refractivity (Wildman–Crippen MR) is 79.4 cm³/mol. The Morgan fingerprint density at radius 2 is 1.91 bits per heavy atom. The normalized spacial score (nSPS) is 11.7. The maximum Gasteiger partial charge on any atom is 0.244 e. The van der Waals surface area contributed by atoms with E-state index in [-0.39, 0.29) is 28.8 Å². The van der Waals surface area contributed by atoms with Crippen LogP contribution in [0, 0.1) is 12.7 Å². The minimum atomic E-state index is -3.77. The molecule has 2 aromatic heterocycles. The average Bonchev–Trinajstić information content (AvgIpc) is 3.16. The Kier molecular flexibility index (Phi) is 4.01. The zero-order chi connectivity index (χ0) is 16.4. The molecule has 0 bridgehead atoms. The molecule has 0 fully saturated rings. The van der Waals surface area contributed by atoms with Crippen molar-refractivity contribution in [2.45, 2.75) is 18.4 Å².